The summed E-state index contributed by atoms with van der Waals surface area (Å²) in [5.41, 5.74) is 3.69. The first kappa shape index (κ1) is 14.7. The molecular formula is C16H24N4. The second kappa shape index (κ2) is 5.75. The van der Waals surface area contributed by atoms with Crippen LogP contribution in [0.2, 0.25) is 0 Å². The zero-order valence-electron chi connectivity index (χ0n) is 13.0. The molecule has 0 aliphatic carbocycles. The van der Waals surface area contributed by atoms with E-state index < -0.39 is 0 Å². The molecule has 0 saturated heterocycles. The number of rotatable bonds is 4. The third kappa shape index (κ3) is 3.45. The number of aromatic nitrogens is 3. The van der Waals surface area contributed by atoms with Crippen LogP contribution in [0, 0.1) is 0 Å². The van der Waals surface area contributed by atoms with Crippen molar-refractivity contribution in [3.63, 3.8) is 0 Å². The average molecular weight is 272 g/mol. The van der Waals surface area contributed by atoms with Crippen LogP contribution in [0.1, 0.15) is 50.6 Å². The number of nitrogens with one attached hydrogen (secondary N) is 1. The second-order valence-corrected chi connectivity index (χ2v) is 6.32. The molecule has 108 valence electrons. The van der Waals surface area contributed by atoms with Crippen LogP contribution in [-0.4, -0.2) is 14.8 Å². The quantitative estimate of drug-likeness (QED) is 0.930. The third-order valence-corrected chi connectivity index (χ3v) is 3.40. The normalized spacial score (nSPS) is 13.4. The smallest absolute Gasteiger partial charge is 0.0722 e. The van der Waals surface area contributed by atoms with Gasteiger partial charge in [-0.05, 0) is 18.6 Å². The van der Waals surface area contributed by atoms with E-state index in [2.05, 4.69) is 55.4 Å². The lowest BCUT2D eigenvalue weighted by Crippen LogP contribution is -2.21. The van der Waals surface area contributed by atoms with Crippen LogP contribution in [0.25, 0.3) is 0 Å². The van der Waals surface area contributed by atoms with E-state index >= 15 is 0 Å². The summed E-state index contributed by atoms with van der Waals surface area (Å²) < 4.78 is 1.90. The first-order valence-electron chi connectivity index (χ1n) is 7.04. The van der Waals surface area contributed by atoms with Gasteiger partial charge in [-0.3, -0.25) is 9.67 Å². The van der Waals surface area contributed by atoms with E-state index in [0.29, 0.717) is 0 Å². The summed E-state index contributed by atoms with van der Waals surface area (Å²) in [7, 11) is 1.98. The Bertz CT molecular complexity index is 552. The van der Waals surface area contributed by atoms with Gasteiger partial charge in [-0.25, -0.2) is 0 Å². The maximum absolute atomic E-state index is 4.60. The highest BCUT2D eigenvalue weighted by Crippen LogP contribution is 2.24. The van der Waals surface area contributed by atoms with Crippen molar-refractivity contribution in [1.29, 1.82) is 0 Å². The van der Waals surface area contributed by atoms with Gasteiger partial charge in [0, 0.05) is 49.2 Å². The zero-order valence-corrected chi connectivity index (χ0v) is 13.0. The van der Waals surface area contributed by atoms with Gasteiger partial charge in [0.1, 0.15) is 0 Å². The molecule has 0 radical (unpaired) electrons. The predicted octanol–water partition coefficient (Wildman–Crippen LogP) is 2.96. The monoisotopic (exact) mass is 272 g/mol. The van der Waals surface area contributed by atoms with Crippen molar-refractivity contribution < 1.29 is 0 Å². The van der Waals surface area contributed by atoms with Crippen LogP contribution in [0.15, 0.2) is 30.7 Å². The molecule has 0 aliphatic rings. The summed E-state index contributed by atoms with van der Waals surface area (Å²) >= 11 is 0. The molecule has 0 amide bonds. The van der Waals surface area contributed by atoms with Gasteiger partial charge in [-0.2, -0.15) is 5.10 Å². The summed E-state index contributed by atoms with van der Waals surface area (Å²) in [6, 6.07) is 4.34. The molecule has 20 heavy (non-hydrogen) atoms. The molecule has 0 fully saturated rings. The Labute approximate surface area is 121 Å². The van der Waals surface area contributed by atoms with Gasteiger partial charge in [0.2, 0.25) is 0 Å². The molecule has 2 rings (SSSR count). The minimum Gasteiger partial charge on any atom is -0.306 e. The van der Waals surface area contributed by atoms with E-state index in [0.717, 1.165) is 12.2 Å². The Kier molecular flexibility index (Phi) is 4.23. The fourth-order valence-corrected chi connectivity index (χ4v) is 2.31. The van der Waals surface area contributed by atoms with E-state index in [4.69, 9.17) is 0 Å². The lowest BCUT2D eigenvalue weighted by atomic mass is 9.89. The van der Waals surface area contributed by atoms with Crippen molar-refractivity contribution >= 4 is 0 Å². The van der Waals surface area contributed by atoms with Crippen LogP contribution < -0.4 is 5.32 Å². The highest BCUT2D eigenvalue weighted by molar-refractivity contribution is 5.24. The van der Waals surface area contributed by atoms with Gasteiger partial charge >= 0.3 is 0 Å². The van der Waals surface area contributed by atoms with E-state index in [9.17, 15) is 0 Å². The van der Waals surface area contributed by atoms with Gasteiger partial charge in [-0.15, -0.1) is 0 Å². The summed E-state index contributed by atoms with van der Waals surface area (Å²) in [5, 5.41) is 8.14. The average Bonchev–Trinajstić information content (AvgIpc) is 2.78. The Hall–Kier alpha value is -1.68. The highest BCUT2D eigenvalue weighted by atomic mass is 15.3. The first-order valence-corrected chi connectivity index (χ1v) is 7.04. The SMILES string of the molecule is C[C@@H](NCc1cn(C)nc1C(C)(C)C)c1cccnc1. The molecule has 0 aromatic carbocycles. The van der Waals surface area contributed by atoms with Crippen molar-refractivity contribution in [2.45, 2.75) is 45.7 Å². The minimum absolute atomic E-state index is 0.0653. The van der Waals surface area contributed by atoms with Crippen LogP contribution in [0.5, 0.6) is 0 Å². The van der Waals surface area contributed by atoms with Crippen molar-refractivity contribution in [3.8, 4) is 0 Å². The lowest BCUT2D eigenvalue weighted by Gasteiger charge is -2.19. The first-order chi connectivity index (χ1) is 9.38. The van der Waals surface area contributed by atoms with Crippen molar-refractivity contribution in [3.05, 3.63) is 47.5 Å². The van der Waals surface area contributed by atoms with Gasteiger partial charge in [0.15, 0.2) is 0 Å². The molecular weight excluding hydrogens is 248 g/mol. The largest absolute Gasteiger partial charge is 0.306 e. The fourth-order valence-electron chi connectivity index (χ4n) is 2.31. The number of aryl methyl sites for hydroxylation is 1. The number of hydrogen-bond donors (Lipinski definition) is 1. The third-order valence-electron chi connectivity index (χ3n) is 3.40. The molecule has 0 bridgehead atoms. The van der Waals surface area contributed by atoms with Crippen molar-refractivity contribution in [2.75, 3.05) is 0 Å². The van der Waals surface area contributed by atoms with E-state index in [1.807, 2.05) is 24.0 Å². The van der Waals surface area contributed by atoms with E-state index in [1.54, 1.807) is 6.20 Å². The zero-order chi connectivity index (χ0) is 14.8. The maximum Gasteiger partial charge on any atom is 0.0722 e. The number of hydrogen-bond acceptors (Lipinski definition) is 3. The second-order valence-electron chi connectivity index (χ2n) is 6.32. The van der Waals surface area contributed by atoms with Crippen LogP contribution in [-0.2, 0) is 19.0 Å². The van der Waals surface area contributed by atoms with Gasteiger partial charge < -0.3 is 5.32 Å². The van der Waals surface area contributed by atoms with Crippen molar-refractivity contribution in [1.82, 2.24) is 20.1 Å². The topological polar surface area (TPSA) is 42.7 Å². The molecule has 0 unspecified atom stereocenters. The molecule has 4 heteroatoms. The Morgan fingerprint density at radius 3 is 2.70 bits per heavy atom. The van der Waals surface area contributed by atoms with Gasteiger partial charge in [0.25, 0.3) is 0 Å². The molecule has 2 heterocycles. The minimum atomic E-state index is 0.0653. The van der Waals surface area contributed by atoms with E-state index in [-0.39, 0.29) is 11.5 Å². The van der Waals surface area contributed by atoms with Crippen LogP contribution in [0.4, 0.5) is 0 Å². The van der Waals surface area contributed by atoms with Crippen LogP contribution >= 0.6 is 0 Å². The van der Waals surface area contributed by atoms with E-state index in [1.165, 1.54) is 11.1 Å². The summed E-state index contributed by atoms with van der Waals surface area (Å²) in [5.74, 6) is 0. The molecule has 1 atom stereocenters. The Morgan fingerprint density at radius 2 is 2.10 bits per heavy atom. The summed E-state index contributed by atoms with van der Waals surface area (Å²) in [6.45, 7) is 9.57. The standard InChI is InChI=1S/C16H24N4/c1-12(13-7-6-8-17-9-13)18-10-14-11-20(5)19-15(14)16(2,3)4/h6-9,11-12,18H,10H2,1-5H3/t12-/m1/s1. The number of nitrogens with zero attached hydrogens (tertiary/aromatic N) is 3. The highest BCUT2D eigenvalue weighted by Gasteiger charge is 2.21. The molecule has 2 aromatic heterocycles. The van der Waals surface area contributed by atoms with Crippen molar-refractivity contribution in [2.24, 2.45) is 7.05 Å². The maximum atomic E-state index is 4.60. The molecule has 4 nitrogen and oxygen atoms in total. The summed E-state index contributed by atoms with van der Waals surface area (Å²) in [6.07, 6.45) is 5.81. The Morgan fingerprint density at radius 1 is 1.35 bits per heavy atom. The molecule has 0 aliphatic heterocycles. The number of pyridine rings is 1. The molecule has 2 aromatic rings. The fraction of sp³-hybridized carbons (Fsp3) is 0.500. The van der Waals surface area contributed by atoms with Gasteiger partial charge in [-0.1, -0.05) is 26.8 Å². The molecule has 0 spiro atoms. The molecule has 1 N–H and O–H groups in total. The van der Waals surface area contributed by atoms with Crippen LogP contribution in [0.3, 0.4) is 0 Å². The predicted molar refractivity (Wildman–Crippen MR) is 81.4 cm³/mol. The lowest BCUT2D eigenvalue weighted by molar-refractivity contribution is 0.531. The van der Waals surface area contributed by atoms with Gasteiger partial charge in [0.05, 0.1) is 5.69 Å². The Balaban J connectivity index is 2.08. The molecule has 0 saturated carbocycles. The summed E-state index contributed by atoms with van der Waals surface area (Å²) in [4.78, 5) is 4.17.